The van der Waals surface area contributed by atoms with Gasteiger partial charge in [0, 0.05) is 16.6 Å². The van der Waals surface area contributed by atoms with E-state index in [1.165, 1.54) is 0 Å². The van der Waals surface area contributed by atoms with Gasteiger partial charge in [-0.3, -0.25) is 4.79 Å². The van der Waals surface area contributed by atoms with Gasteiger partial charge in [0.25, 0.3) is 0 Å². The first kappa shape index (κ1) is 18.6. The molecular formula is C15H21Cl3N2O. The molecule has 21 heavy (non-hydrogen) atoms. The molecule has 1 aliphatic heterocycles. The van der Waals surface area contributed by atoms with Crippen LogP contribution >= 0.6 is 35.6 Å². The lowest BCUT2D eigenvalue weighted by atomic mass is 9.93. The summed E-state index contributed by atoms with van der Waals surface area (Å²) in [5, 5.41) is 7.62. The molecule has 0 aliphatic carbocycles. The van der Waals surface area contributed by atoms with Crippen LogP contribution in [0.15, 0.2) is 18.2 Å². The summed E-state index contributed by atoms with van der Waals surface area (Å²) in [4.78, 5) is 12.3. The molecule has 6 heteroatoms. The molecular weight excluding hydrogens is 331 g/mol. The van der Waals surface area contributed by atoms with E-state index in [0.29, 0.717) is 23.0 Å². The number of nitrogens with one attached hydrogen (secondary N) is 2. The van der Waals surface area contributed by atoms with Gasteiger partial charge in [-0.05, 0) is 49.9 Å². The third-order valence-electron chi connectivity index (χ3n) is 3.98. The highest BCUT2D eigenvalue weighted by Crippen LogP contribution is 2.23. The zero-order valence-corrected chi connectivity index (χ0v) is 14.4. The van der Waals surface area contributed by atoms with Crippen molar-refractivity contribution >= 4 is 41.5 Å². The number of rotatable bonds is 5. The van der Waals surface area contributed by atoms with Crippen molar-refractivity contribution in [1.29, 1.82) is 0 Å². The van der Waals surface area contributed by atoms with Crippen molar-refractivity contribution in [3.8, 4) is 0 Å². The molecule has 1 saturated heterocycles. The van der Waals surface area contributed by atoms with Crippen LogP contribution < -0.4 is 10.6 Å². The van der Waals surface area contributed by atoms with Gasteiger partial charge in [0.2, 0.25) is 5.91 Å². The van der Waals surface area contributed by atoms with Gasteiger partial charge >= 0.3 is 0 Å². The van der Waals surface area contributed by atoms with Crippen LogP contribution in [0.3, 0.4) is 0 Å². The summed E-state index contributed by atoms with van der Waals surface area (Å²) in [5.41, 5.74) is 0.630. The summed E-state index contributed by atoms with van der Waals surface area (Å²) in [7, 11) is 0. The van der Waals surface area contributed by atoms with E-state index >= 15 is 0 Å². The van der Waals surface area contributed by atoms with Crippen molar-refractivity contribution in [2.75, 3.05) is 13.1 Å². The maximum absolute atomic E-state index is 12.3. The van der Waals surface area contributed by atoms with Gasteiger partial charge in [0.05, 0.1) is 5.54 Å². The van der Waals surface area contributed by atoms with Gasteiger partial charge in [0.1, 0.15) is 0 Å². The Morgan fingerprint density at radius 1 is 1.43 bits per heavy atom. The van der Waals surface area contributed by atoms with Crippen LogP contribution in [0.2, 0.25) is 10.0 Å². The van der Waals surface area contributed by atoms with Crippen molar-refractivity contribution in [2.45, 2.75) is 38.1 Å². The number of halogens is 3. The van der Waals surface area contributed by atoms with Crippen LogP contribution in [-0.2, 0) is 11.2 Å². The van der Waals surface area contributed by atoms with Crippen LogP contribution in [0.25, 0.3) is 0 Å². The van der Waals surface area contributed by atoms with Crippen molar-refractivity contribution < 1.29 is 4.79 Å². The van der Waals surface area contributed by atoms with E-state index in [-0.39, 0.29) is 23.9 Å². The Morgan fingerprint density at radius 3 is 2.76 bits per heavy atom. The maximum atomic E-state index is 12.3. The zero-order valence-electron chi connectivity index (χ0n) is 12.0. The van der Waals surface area contributed by atoms with Gasteiger partial charge in [-0.15, -0.1) is 12.4 Å². The van der Waals surface area contributed by atoms with Crippen LogP contribution in [0, 0.1) is 0 Å². The minimum absolute atomic E-state index is 0. The van der Waals surface area contributed by atoms with Crippen molar-refractivity contribution in [2.24, 2.45) is 0 Å². The first-order valence-electron chi connectivity index (χ1n) is 7.04. The molecule has 0 radical (unpaired) electrons. The molecule has 1 atom stereocenters. The summed E-state index contributed by atoms with van der Waals surface area (Å²) >= 11 is 12.0. The Balaban J connectivity index is 0.00000220. The molecule has 0 saturated carbocycles. The normalized spacial score (nSPS) is 20.9. The van der Waals surface area contributed by atoms with Crippen LogP contribution in [0.5, 0.6) is 0 Å². The average Bonchev–Trinajstić information content (AvgIpc) is 2.91. The second-order valence-corrected chi connectivity index (χ2v) is 6.05. The molecule has 1 heterocycles. The SMILES string of the molecule is CCC1(C(=O)NCCc2ccc(Cl)cc2Cl)CCCN1.Cl. The smallest absolute Gasteiger partial charge is 0.240 e. The quantitative estimate of drug-likeness (QED) is 0.851. The Kier molecular flexibility index (Phi) is 7.28. The van der Waals surface area contributed by atoms with Crippen molar-refractivity contribution in [3.05, 3.63) is 33.8 Å². The number of hydrogen-bond acceptors (Lipinski definition) is 2. The van der Waals surface area contributed by atoms with Crippen molar-refractivity contribution in [1.82, 2.24) is 10.6 Å². The summed E-state index contributed by atoms with van der Waals surface area (Å²) in [6.07, 6.45) is 3.50. The molecule has 1 aliphatic rings. The lowest BCUT2D eigenvalue weighted by Gasteiger charge is -2.26. The highest BCUT2D eigenvalue weighted by atomic mass is 35.5. The van der Waals surface area contributed by atoms with Gasteiger partial charge in [-0.1, -0.05) is 36.2 Å². The molecule has 0 bridgehead atoms. The van der Waals surface area contributed by atoms with Gasteiger partial charge in [0.15, 0.2) is 0 Å². The van der Waals surface area contributed by atoms with E-state index in [4.69, 9.17) is 23.2 Å². The Morgan fingerprint density at radius 2 is 2.19 bits per heavy atom. The summed E-state index contributed by atoms with van der Waals surface area (Å²) in [6, 6.07) is 5.45. The summed E-state index contributed by atoms with van der Waals surface area (Å²) in [6.45, 7) is 3.56. The molecule has 0 spiro atoms. The molecule has 118 valence electrons. The third kappa shape index (κ3) is 4.49. The van der Waals surface area contributed by atoms with E-state index in [0.717, 1.165) is 31.4 Å². The van der Waals surface area contributed by atoms with Crippen molar-refractivity contribution in [3.63, 3.8) is 0 Å². The first-order chi connectivity index (χ1) is 9.57. The standard InChI is InChI=1S/C15H20Cl2N2O.ClH/c1-2-15(7-3-8-19-15)14(20)18-9-6-11-4-5-12(16)10-13(11)17;/h4-5,10,19H,2-3,6-9H2,1H3,(H,18,20);1H. The van der Waals surface area contributed by atoms with Crippen LogP contribution in [-0.4, -0.2) is 24.5 Å². The molecule has 1 aromatic rings. The molecule has 2 N–H and O–H groups in total. The van der Waals surface area contributed by atoms with E-state index < -0.39 is 0 Å². The minimum atomic E-state index is -0.371. The van der Waals surface area contributed by atoms with Crippen LogP contribution in [0.4, 0.5) is 0 Å². The molecule has 1 aromatic carbocycles. The van der Waals surface area contributed by atoms with Gasteiger partial charge < -0.3 is 10.6 Å². The zero-order chi connectivity index (χ0) is 14.6. The highest BCUT2D eigenvalue weighted by Gasteiger charge is 2.38. The second kappa shape index (κ2) is 8.23. The Hall–Kier alpha value is -0.480. The Bertz CT molecular complexity index is 488. The van der Waals surface area contributed by atoms with E-state index in [1.807, 2.05) is 19.1 Å². The highest BCUT2D eigenvalue weighted by molar-refractivity contribution is 6.35. The molecule has 3 nitrogen and oxygen atoms in total. The molecule has 1 unspecified atom stereocenters. The predicted molar refractivity (Wildman–Crippen MR) is 90.7 cm³/mol. The lowest BCUT2D eigenvalue weighted by Crippen LogP contribution is -2.53. The largest absolute Gasteiger partial charge is 0.354 e. The van der Waals surface area contributed by atoms with Gasteiger partial charge in [-0.25, -0.2) is 0 Å². The van der Waals surface area contributed by atoms with Crippen LogP contribution in [0.1, 0.15) is 31.7 Å². The summed E-state index contributed by atoms with van der Waals surface area (Å²) in [5.74, 6) is 0.0996. The number of carbonyl (C=O) groups excluding carboxylic acids is 1. The lowest BCUT2D eigenvalue weighted by molar-refractivity contribution is -0.127. The monoisotopic (exact) mass is 350 g/mol. The predicted octanol–water partition coefficient (Wildman–Crippen LogP) is 3.61. The fourth-order valence-electron chi connectivity index (χ4n) is 2.67. The second-order valence-electron chi connectivity index (χ2n) is 5.21. The topological polar surface area (TPSA) is 41.1 Å². The average molecular weight is 352 g/mol. The first-order valence-corrected chi connectivity index (χ1v) is 7.80. The van der Waals surface area contributed by atoms with E-state index in [1.54, 1.807) is 6.07 Å². The van der Waals surface area contributed by atoms with E-state index in [2.05, 4.69) is 10.6 Å². The molecule has 2 rings (SSSR count). The fraction of sp³-hybridized carbons (Fsp3) is 0.533. The van der Waals surface area contributed by atoms with Gasteiger partial charge in [-0.2, -0.15) is 0 Å². The molecule has 0 aromatic heterocycles. The molecule has 1 fully saturated rings. The van der Waals surface area contributed by atoms with E-state index in [9.17, 15) is 4.79 Å². The Labute approximate surface area is 142 Å². The number of hydrogen-bond donors (Lipinski definition) is 2. The number of benzene rings is 1. The summed E-state index contributed by atoms with van der Waals surface area (Å²) < 4.78 is 0. The minimum Gasteiger partial charge on any atom is -0.354 e. The third-order valence-corrected chi connectivity index (χ3v) is 4.56. The number of carbonyl (C=O) groups is 1. The fourth-order valence-corrected chi connectivity index (χ4v) is 3.17. The maximum Gasteiger partial charge on any atom is 0.240 e. The number of amides is 1. The molecule has 1 amide bonds.